The lowest BCUT2D eigenvalue weighted by molar-refractivity contribution is 0.769. The molecule has 1 unspecified atom stereocenters. The largest absolute Gasteiger partial charge is 0.320 e. The van der Waals surface area contributed by atoms with Gasteiger partial charge >= 0.3 is 0 Å². The van der Waals surface area contributed by atoms with Gasteiger partial charge in [0.1, 0.15) is 0 Å². The van der Waals surface area contributed by atoms with Gasteiger partial charge in [0.25, 0.3) is 0 Å². The minimum atomic E-state index is -0.483. The first-order valence-corrected chi connectivity index (χ1v) is 18.4. The van der Waals surface area contributed by atoms with E-state index in [0.717, 1.165) is 16.8 Å². The zero-order valence-corrected chi connectivity index (χ0v) is 31.2. The summed E-state index contributed by atoms with van der Waals surface area (Å²) >= 11 is 0. The van der Waals surface area contributed by atoms with Gasteiger partial charge in [0.15, 0.2) is 0 Å². The van der Waals surface area contributed by atoms with Gasteiger partial charge in [-0.15, -0.1) is 0 Å². The third-order valence-electron chi connectivity index (χ3n) is 9.71. The van der Waals surface area contributed by atoms with Crippen LogP contribution in [0.4, 0.5) is 5.69 Å². The Bertz CT molecular complexity index is 2320. The Hall–Kier alpha value is -6.17. The fourth-order valence-corrected chi connectivity index (χ4v) is 7.33. The zero-order valence-electron chi connectivity index (χ0n) is 31.2. The quantitative estimate of drug-likeness (QED) is 0.0669. The molecule has 7 aromatic carbocycles. The molecule has 1 aliphatic rings. The van der Waals surface area contributed by atoms with Crippen LogP contribution in [0.5, 0.6) is 0 Å². The second-order valence-corrected chi connectivity index (χ2v) is 13.2. The van der Waals surface area contributed by atoms with Gasteiger partial charge in [-0.3, -0.25) is 16.3 Å². The Morgan fingerprint density at radius 1 is 0.574 bits per heavy atom. The van der Waals surface area contributed by atoms with Gasteiger partial charge in [-0.05, 0) is 100 Å². The molecule has 0 amide bonds. The van der Waals surface area contributed by atoms with Crippen LogP contribution in [0.1, 0.15) is 51.9 Å². The van der Waals surface area contributed by atoms with E-state index in [2.05, 4.69) is 152 Å². The third-order valence-corrected chi connectivity index (χ3v) is 9.71. The van der Waals surface area contributed by atoms with Gasteiger partial charge < -0.3 is 5.73 Å². The van der Waals surface area contributed by atoms with E-state index in [0.29, 0.717) is 0 Å². The van der Waals surface area contributed by atoms with Crippen LogP contribution in [0.3, 0.4) is 0 Å². The predicted molar refractivity (Wildman–Crippen MR) is 230 cm³/mol. The van der Waals surface area contributed by atoms with Crippen molar-refractivity contribution < 1.29 is 0 Å². The van der Waals surface area contributed by atoms with E-state index < -0.39 is 5.41 Å². The molecule has 8 rings (SSSR count). The number of para-hydroxylation sites is 1. The van der Waals surface area contributed by atoms with Crippen molar-refractivity contribution in [2.75, 3.05) is 7.05 Å². The second kappa shape index (κ2) is 18.0. The van der Waals surface area contributed by atoms with Crippen molar-refractivity contribution in [3.05, 3.63) is 233 Å². The summed E-state index contributed by atoms with van der Waals surface area (Å²) in [6.45, 7) is 4.20. The molecule has 5 N–H and O–H groups in total. The number of fused-ring (bicyclic) bond motifs is 4. The molecule has 0 bridgehead atoms. The van der Waals surface area contributed by atoms with Crippen LogP contribution in [-0.4, -0.2) is 13.3 Å². The number of nitrogens with zero attached hydrogens (tertiary/aromatic N) is 1. The zero-order chi connectivity index (χ0) is 37.8. The molecular formula is C50H48N4. The van der Waals surface area contributed by atoms with E-state index in [4.69, 9.17) is 10.7 Å². The average molecular weight is 705 g/mol. The van der Waals surface area contributed by atoms with E-state index >= 15 is 0 Å². The van der Waals surface area contributed by atoms with Gasteiger partial charge in [0.05, 0.1) is 17.1 Å². The molecule has 1 aliphatic carbocycles. The summed E-state index contributed by atoms with van der Waals surface area (Å²) in [4.78, 5) is 4.98. The molecule has 4 nitrogen and oxygen atoms in total. The first-order chi connectivity index (χ1) is 26.5. The molecule has 0 spiro atoms. The molecule has 7 aromatic rings. The number of aryl methyl sites for hydroxylation is 1. The van der Waals surface area contributed by atoms with Gasteiger partial charge in [0, 0.05) is 6.21 Å². The standard InChI is InChI=1S/C36H29N.C13H13N.CH6N2/c1-3-4-5-13-22-37-35-19-12-11-18-32(35)36(29-16-7-6-8-17-29)33-23-26(2)20-21-30(33)31-24-27-14-9-10-15-28(27)25-34(31)36;14-13(11-7-3-1-4-8-11)12-9-5-2-6-10-12;1-3-2/h3-25H,1-2H3;1-10,13H,14H2;3H,2H2,1H3/b4-3-,13-5-,37-22?;;. The third kappa shape index (κ3) is 7.92. The number of aliphatic imine (C=N–C) groups is 1. The van der Waals surface area contributed by atoms with Crippen LogP contribution in [0, 0.1) is 6.92 Å². The molecule has 0 fully saturated rings. The first-order valence-electron chi connectivity index (χ1n) is 18.4. The van der Waals surface area contributed by atoms with Crippen molar-refractivity contribution in [1.82, 2.24) is 5.43 Å². The van der Waals surface area contributed by atoms with Crippen molar-refractivity contribution >= 4 is 22.7 Å². The summed E-state index contributed by atoms with van der Waals surface area (Å²) < 4.78 is 0. The van der Waals surface area contributed by atoms with Crippen LogP contribution in [-0.2, 0) is 5.41 Å². The fourth-order valence-electron chi connectivity index (χ4n) is 7.33. The van der Waals surface area contributed by atoms with Crippen LogP contribution in [0.15, 0.2) is 199 Å². The molecule has 0 radical (unpaired) electrons. The number of hydrogen-bond acceptors (Lipinski definition) is 4. The molecule has 268 valence electrons. The molecule has 0 aliphatic heterocycles. The van der Waals surface area contributed by atoms with Gasteiger partial charge in [-0.1, -0.05) is 175 Å². The number of rotatable bonds is 7. The number of nitrogens with two attached hydrogens (primary N) is 2. The highest BCUT2D eigenvalue weighted by Crippen LogP contribution is 2.58. The van der Waals surface area contributed by atoms with Gasteiger partial charge in [0.2, 0.25) is 0 Å². The lowest BCUT2D eigenvalue weighted by atomic mass is 9.67. The Morgan fingerprint density at radius 3 is 1.74 bits per heavy atom. The van der Waals surface area contributed by atoms with Crippen molar-refractivity contribution in [2.24, 2.45) is 16.6 Å². The van der Waals surface area contributed by atoms with Crippen molar-refractivity contribution in [3.63, 3.8) is 0 Å². The van der Waals surface area contributed by atoms with Gasteiger partial charge in [-0.2, -0.15) is 0 Å². The van der Waals surface area contributed by atoms with Crippen molar-refractivity contribution in [1.29, 1.82) is 0 Å². The molecule has 0 heterocycles. The van der Waals surface area contributed by atoms with Crippen LogP contribution in [0.2, 0.25) is 0 Å². The maximum absolute atomic E-state index is 6.12. The topological polar surface area (TPSA) is 76.4 Å². The van der Waals surface area contributed by atoms with E-state index in [1.165, 1.54) is 49.7 Å². The number of allylic oxidation sites excluding steroid dienone is 4. The summed E-state index contributed by atoms with van der Waals surface area (Å²) in [7, 11) is 1.65. The highest BCUT2D eigenvalue weighted by atomic mass is 15.2. The molecule has 54 heavy (non-hydrogen) atoms. The molecule has 0 saturated carbocycles. The monoisotopic (exact) mass is 704 g/mol. The van der Waals surface area contributed by atoms with Gasteiger partial charge in [-0.25, -0.2) is 0 Å². The van der Waals surface area contributed by atoms with E-state index in [-0.39, 0.29) is 6.04 Å². The molecule has 0 aromatic heterocycles. The first kappa shape index (κ1) is 37.6. The number of nitrogens with one attached hydrogen (secondary N) is 1. The minimum absolute atomic E-state index is 0.0163. The number of hydrazine groups is 1. The molecular weight excluding hydrogens is 657 g/mol. The Kier molecular flexibility index (Phi) is 12.6. The number of hydrogen-bond donors (Lipinski definition) is 3. The lowest BCUT2D eigenvalue weighted by Gasteiger charge is -2.35. The van der Waals surface area contributed by atoms with Crippen LogP contribution >= 0.6 is 0 Å². The summed E-state index contributed by atoms with van der Waals surface area (Å²) in [5, 5.41) is 2.51. The normalized spacial score (nSPS) is 14.5. The summed E-state index contributed by atoms with van der Waals surface area (Å²) in [5.74, 6) is 4.60. The van der Waals surface area contributed by atoms with Crippen LogP contribution in [0.25, 0.3) is 21.9 Å². The molecule has 4 heteroatoms. The molecule has 1 atom stereocenters. The predicted octanol–water partition coefficient (Wildman–Crippen LogP) is 11.2. The smallest absolute Gasteiger partial charge is 0.0734 e. The van der Waals surface area contributed by atoms with Crippen LogP contribution < -0.4 is 17.0 Å². The maximum atomic E-state index is 6.12. The lowest BCUT2D eigenvalue weighted by Crippen LogP contribution is -2.28. The summed E-state index contributed by atoms with van der Waals surface area (Å²) in [5.41, 5.74) is 20.1. The molecule has 0 saturated heterocycles. The average Bonchev–Trinajstić information content (AvgIpc) is 3.50. The minimum Gasteiger partial charge on any atom is -0.320 e. The van der Waals surface area contributed by atoms with E-state index in [1.54, 1.807) is 7.05 Å². The SMILES string of the molecule is C/C=C\C=C/C=Nc1ccccc1C1(c2ccccc2)c2cc(C)ccc2-c2cc3ccccc3cc21.CNN.NC(c1ccccc1)c1ccccc1. The van der Waals surface area contributed by atoms with E-state index in [9.17, 15) is 0 Å². The summed E-state index contributed by atoms with van der Waals surface area (Å²) in [6.07, 6.45) is 9.92. The van der Waals surface area contributed by atoms with Crippen molar-refractivity contribution in [3.8, 4) is 11.1 Å². The highest BCUT2D eigenvalue weighted by molar-refractivity contribution is 5.96. The maximum Gasteiger partial charge on any atom is 0.0734 e. The van der Waals surface area contributed by atoms with Crippen molar-refractivity contribution in [2.45, 2.75) is 25.3 Å². The number of benzene rings is 7. The Balaban J connectivity index is 0.000000243. The Labute approximate surface area is 320 Å². The fraction of sp³-hybridized carbons (Fsp3) is 0.100. The second-order valence-electron chi connectivity index (χ2n) is 13.2. The van der Waals surface area contributed by atoms with E-state index in [1.807, 2.05) is 73.8 Å². The highest BCUT2D eigenvalue weighted by Gasteiger charge is 2.47. The Morgan fingerprint density at radius 2 is 1.11 bits per heavy atom. The summed E-state index contributed by atoms with van der Waals surface area (Å²) in [6, 6.07) is 60.1.